The van der Waals surface area contributed by atoms with E-state index in [2.05, 4.69) is 12.2 Å². The second kappa shape index (κ2) is 5.53. The molecule has 0 radical (unpaired) electrons. The van der Waals surface area contributed by atoms with Crippen LogP contribution in [-0.4, -0.2) is 23.0 Å². The number of aliphatic carboxylic acids is 1. The molecule has 2 N–H and O–H groups in total. The Balaban J connectivity index is 2.39. The number of carbonyl (C=O) groups excluding carboxylic acids is 1. The minimum Gasteiger partial charge on any atom is -0.478 e. The first-order valence-electron chi connectivity index (χ1n) is 5.31. The van der Waals surface area contributed by atoms with Gasteiger partial charge in [-0.05, 0) is 18.8 Å². The molecule has 0 heterocycles. The molecule has 0 saturated heterocycles. The van der Waals surface area contributed by atoms with Gasteiger partial charge < -0.3 is 10.4 Å². The summed E-state index contributed by atoms with van der Waals surface area (Å²) < 4.78 is 0. The van der Waals surface area contributed by atoms with Gasteiger partial charge in [0.05, 0.1) is 0 Å². The summed E-state index contributed by atoms with van der Waals surface area (Å²) in [5.41, 5.74) is 0. The molecule has 0 unspecified atom stereocenters. The molecule has 1 aliphatic rings. The van der Waals surface area contributed by atoms with Crippen LogP contribution in [-0.2, 0) is 9.59 Å². The van der Waals surface area contributed by atoms with E-state index in [4.69, 9.17) is 5.11 Å². The monoisotopic (exact) mass is 211 g/mol. The first-order chi connectivity index (χ1) is 7.09. The van der Waals surface area contributed by atoms with E-state index in [1.54, 1.807) is 0 Å². The lowest BCUT2D eigenvalue weighted by Crippen LogP contribution is -2.40. The quantitative estimate of drug-likeness (QED) is 0.692. The maximum Gasteiger partial charge on any atom is 0.328 e. The van der Waals surface area contributed by atoms with Gasteiger partial charge in [0.25, 0.3) is 0 Å². The third-order valence-electron chi connectivity index (χ3n) is 2.82. The van der Waals surface area contributed by atoms with Gasteiger partial charge in [-0.25, -0.2) is 4.79 Å². The van der Waals surface area contributed by atoms with Crippen molar-refractivity contribution >= 4 is 11.9 Å². The lowest BCUT2D eigenvalue weighted by Gasteiger charge is -2.28. The lowest BCUT2D eigenvalue weighted by atomic mass is 9.86. The van der Waals surface area contributed by atoms with Gasteiger partial charge in [-0.15, -0.1) is 0 Å². The van der Waals surface area contributed by atoms with E-state index in [0.29, 0.717) is 5.92 Å². The summed E-state index contributed by atoms with van der Waals surface area (Å²) in [6.45, 7) is 2.12. The van der Waals surface area contributed by atoms with Crippen molar-refractivity contribution in [3.8, 4) is 0 Å². The highest BCUT2D eigenvalue weighted by Gasteiger charge is 2.21. The van der Waals surface area contributed by atoms with Gasteiger partial charge in [0.2, 0.25) is 5.91 Å². The van der Waals surface area contributed by atoms with Crippen molar-refractivity contribution in [1.82, 2.24) is 5.32 Å². The van der Waals surface area contributed by atoms with Crippen LogP contribution in [0.2, 0.25) is 0 Å². The van der Waals surface area contributed by atoms with Gasteiger partial charge in [-0.3, -0.25) is 4.79 Å². The molecule has 0 bridgehead atoms. The molecule has 2 atom stereocenters. The largest absolute Gasteiger partial charge is 0.478 e. The SMILES string of the molecule is C[C@@H]1CCCC[C@H]1NC(=O)/C=C/C(=O)O. The van der Waals surface area contributed by atoms with Crippen LogP contribution in [0.1, 0.15) is 32.6 Å². The van der Waals surface area contributed by atoms with Crippen molar-refractivity contribution in [2.75, 3.05) is 0 Å². The van der Waals surface area contributed by atoms with Crippen LogP contribution >= 0.6 is 0 Å². The third-order valence-corrected chi connectivity index (χ3v) is 2.82. The van der Waals surface area contributed by atoms with Crippen molar-refractivity contribution in [2.45, 2.75) is 38.6 Å². The second-order valence-corrected chi connectivity index (χ2v) is 4.05. The van der Waals surface area contributed by atoms with Gasteiger partial charge in [0.1, 0.15) is 0 Å². The minimum atomic E-state index is -1.10. The van der Waals surface area contributed by atoms with Crippen LogP contribution in [0, 0.1) is 5.92 Å². The van der Waals surface area contributed by atoms with Gasteiger partial charge >= 0.3 is 5.97 Å². The highest BCUT2D eigenvalue weighted by Crippen LogP contribution is 2.23. The molecule has 1 fully saturated rings. The minimum absolute atomic E-state index is 0.199. The lowest BCUT2D eigenvalue weighted by molar-refractivity contribution is -0.131. The Morgan fingerprint density at radius 3 is 2.53 bits per heavy atom. The van der Waals surface area contributed by atoms with Crippen LogP contribution in [0.15, 0.2) is 12.2 Å². The van der Waals surface area contributed by atoms with E-state index < -0.39 is 5.97 Å². The molecule has 4 heteroatoms. The molecule has 1 aliphatic carbocycles. The Bertz CT molecular complexity index is 273. The van der Waals surface area contributed by atoms with Gasteiger partial charge in [-0.2, -0.15) is 0 Å². The number of nitrogens with one attached hydrogen (secondary N) is 1. The zero-order valence-corrected chi connectivity index (χ0v) is 8.90. The molecule has 0 aromatic rings. The van der Waals surface area contributed by atoms with E-state index in [9.17, 15) is 9.59 Å². The maximum atomic E-state index is 11.3. The maximum absolute atomic E-state index is 11.3. The molecular weight excluding hydrogens is 194 g/mol. The number of carboxylic acid groups (broad SMARTS) is 1. The predicted molar refractivity (Wildman–Crippen MR) is 56.3 cm³/mol. The standard InChI is InChI=1S/C11H17NO3/c1-8-4-2-3-5-9(8)12-10(13)6-7-11(14)15/h6-9H,2-5H2,1H3,(H,12,13)(H,14,15)/b7-6+/t8-,9-/m1/s1. The van der Waals surface area contributed by atoms with Gasteiger partial charge in [-0.1, -0.05) is 19.8 Å². The van der Waals surface area contributed by atoms with E-state index in [-0.39, 0.29) is 11.9 Å². The molecule has 84 valence electrons. The number of carboxylic acids is 1. The molecular formula is C11H17NO3. The van der Waals surface area contributed by atoms with Crippen LogP contribution < -0.4 is 5.32 Å². The molecule has 1 amide bonds. The molecule has 1 rings (SSSR count). The summed E-state index contributed by atoms with van der Waals surface area (Å²) in [6, 6.07) is 0.199. The third kappa shape index (κ3) is 4.14. The zero-order chi connectivity index (χ0) is 11.3. The molecule has 0 spiro atoms. The highest BCUT2D eigenvalue weighted by molar-refractivity contribution is 5.93. The normalized spacial score (nSPS) is 26.5. The van der Waals surface area contributed by atoms with Crippen LogP contribution in [0.4, 0.5) is 0 Å². The summed E-state index contributed by atoms with van der Waals surface area (Å²) in [5.74, 6) is -0.918. The smallest absolute Gasteiger partial charge is 0.328 e. The second-order valence-electron chi connectivity index (χ2n) is 4.05. The fraction of sp³-hybridized carbons (Fsp3) is 0.636. The van der Waals surface area contributed by atoms with Crippen molar-refractivity contribution < 1.29 is 14.7 Å². The number of rotatable bonds is 3. The number of hydrogen-bond acceptors (Lipinski definition) is 2. The fourth-order valence-electron chi connectivity index (χ4n) is 1.91. The van der Waals surface area contributed by atoms with Crippen molar-refractivity contribution in [1.29, 1.82) is 0 Å². The molecule has 4 nitrogen and oxygen atoms in total. The van der Waals surface area contributed by atoms with Crippen LogP contribution in [0.5, 0.6) is 0 Å². The van der Waals surface area contributed by atoms with Gasteiger partial charge in [0, 0.05) is 18.2 Å². The molecule has 1 saturated carbocycles. The Morgan fingerprint density at radius 1 is 1.27 bits per heavy atom. The number of carbonyl (C=O) groups is 2. The van der Waals surface area contributed by atoms with E-state index in [0.717, 1.165) is 31.4 Å². The van der Waals surface area contributed by atoms with E-state index in [1.165, 1.54) is 6.42 Å². The van der Waals surface area contributed by atoms with Crippen molar-refractivity contribution in [3.05, 3.63) is 12.2 Å². The topological polar surface area (TPSA) is 66.4 Å². The average molecular weight is 211 g/mol. The van der Waals surface area contributed by atoms with Crippen molar-refractivity contribution in [2.24, 2.45) is 5.92 Å². The summed E-state index contributed by atoms with van der Waals surface area (Å²) >= 11 is 0. The van der Waals surface area contributed by atoms with Crippen LogP contribution in [0.25, 0.3) is 0 Å². The zero-order valence-electron chi connectivity index (χ0n) is 8.90. The Labute approximate surface area is 89.4 Å². The van der Waals surface area contributed by atoms with Gasteiger partial charge in [0.15, 0.2) is 0 Å². The number of hydrogen-bond donors (Lipinski definition) is 2. The highest BCUT2D eigenvalue weighted by atomic mass is 16.4. The Kier molecular flexibility index (Phi) is 4.34. The first kappa shape index (κ1) is 11.8. The molecule has 0 aromatic heterocycles. The van der Waals surface area contributed by atoms with Crippen LogP contribution in [0.3, 0.4) is 0 Å². The molecule has 15 heavy (non-hydrogen) atoms. The van der Waals surface area contributed by atoms with Crippen molar-refractivity contribution in [3.63, 3.8) is 0 Å². The number of amides is 1. The first-order valence-corrected chi connectivity index (χ1v) is 5.31. The van der Waals surface area contributed by atoms with E-state index in [1.807, 2.05) is 0 Å². The van der Waals surface area contributed by atoms with E-state index >= 15 is 0 Å². The summed E-state index contributed by atoms with van der Waals surface area (Å²) in [7, 11) is 0. The fourth-order valence-corrected chi connectivity index (χ4v) is 1.91. The predicted octanol–water partition coefficient (Wildman–Crippen LogP) is 1.32. The summed E-state index contributed by atoms with van der Waals surface area (Å²) in [4.78, 5) is 21.5. The average Bonchev–Trinajstić information content (AvgIpc) is 2.18. The Morgan fingerprint density at radius 2 is 1.93 bits per heavy atom. The molecule has 0 aliphatic heterocycles. The Hall–Kier alpha value is -1.32. The summed E-state index contributed by atoms with van der Waals surface area (Å²) in [5, 5.41) is 11.2. The molecule has 0 aromatic carbocycles. The summed E-state index contributed by atoms with van der Waals surface area (Å²) in [6.07, 6.45) is 6.42.